The number of benzene rings is 2. The summed E-state index contributed by atoms with van der Waals surface area (Å²) in [6.07, 6.45) is 0. The van der Waals surface area contributed by atoms with Crippen LogP contribution in [0.25, 0.3) is 0 Å². The molecule has 2 aromatic rings. The van der Waals surface area contributed by atoms with Crippen molar-refractivity contribution in [3.63, 3.8) is 0 Å². The van der Waals surface area contributed by atoms with Gasteiger partial charge >= 0.3 is 0 Å². The molecule has 0 amide bonds. The molecule has 1 N–H and O–H groups in total. The maximum atomic E-state index is 5.21. The normalized spacial score (nSPS) is 12.0. The zero-order valence-corrected chi connectivity index (χ0v) is 16.6. The van der Waals surface area contributed by atoms with Crippen molar-refractivity contribution in [1.82, 2.24) is 0 Å². The van der Waals surface area contributed by atoms with Crippen LogP contribution in [0.5, 0.6) is 5.75 Å². The maximum Gasteiger partial charge on any atom is 0.129 e. The predicted octanol–water partition coefficient (Wildman–Crippen LogP) is 5.49. The molecule has 0 radical (unpaired) electrons. The first kappa shape index (κ1) is 17.6. The quantitative estimate of drug-likeness (QED) is 0.552. The number of ether oxygens (including phenoxy) is 1. The van der Waals surface area contributed by atoms with E-state index < -0.39 is 8.07 Å². The molecular formula is C19H22BrNOSi. The van der Waals surface area contributed by atoms with Crippen molar-refractivity contribution < 1.29 is 4.74 Å². The van der Waals surface area contributed by atoms with Crippen LogP contribution in [0.15, 0.2) is 53.0 Å². The molecule has 1 atom stereocenters. The van der Waals surface area contributed by atoms with Gasteiger partial charge in [-0.3, -0.25) is 0 Å². The summed E-state index contributed by atoms with van der Waals surface area (Å²) in [4.78, 5) is 0. The Morgan fingerprint density at radius 2 is 1.61 bits per heavy atom. The second-order valence-electron chi connectivity index (χ2n) is 6.38. The Balaban J connectivity index is 2.28. The van der Waals surface area contributed by atoms with Crippen LogP contribution in [0.4, 0.5) is 5.69 Å². The van der Waals surface area contributed by atoms with Crippen molar-refractivity contribution in [2.24, 2.45) is 0 Å². The summed E-state index contributed by atoms with van der Waals surface area (Å²) >= 11 is 3.48. The van der Waals surface area contributed by atoms with Gasteiger partial charge < -0.3 is 10.1 Å². The van der Waals surface area contributed by atoms with Gasteiger partial charge in [-0.1, -0.05) is 53.6 Å². The average Bonchev–Trinajstić information content (AvgIpc) is 2.52. The lowest BCUT2D eigenvalue weighted by Gasteiger charge is -2.16. The molecule has 0 aromatic heterocycles. The molecule has 0 heterocycles. The van der Waals surface area contributed by atoms with Crippen LogP contribution in [0.3, 0.4) is 0 Å². The van der Waals surface area contributed by atoms with E-state index in [0.717, 1.165) is 21.5 Å². The highest BCUT2D eigenvalue weighted by Crippen LogP contribution is 2.23. The SMILES string of the molecule is COc1ccc(NC(C#C[Si](C)(C)C)c2ccc(Br)cc2)cc1. The van der Waals surface area contributed by atoms with Crippen LogP contribution >= 0.6 is 15.9 Å². The molecule has 0 aliphatic rings. The molecule has 120 valence electrons. The third-order valence-electron chi connectivity index (χ3n) is 3.20. The van der Waals surface area contributed by atoms with Gasteiger partial charge in [0, 0.05) is 10.2 Å². The number of methoxy groups -OCH3 is 1. The first-order chi connectivity index (χ1) is 10.9. The van der Waals surface area contributed by atoms with E-state index in [2.05, 4.69) is 64.5 Å². The third-order valence-corrected chi connectivity index (χ3v) is 4.62. The van der Waals surface area contributed by atoms with Crippen LogP contribution in [0.2, 0.25) is 19.6 Å². The van der Waals surface area contributed by atoms with Crippen molar-refractivity contribution in [2.75, 3.05) is 12.4 Å². The van der Waals surface area contributed by atoms with E-state index >= 15 is 0 Å². The van der Waals surface area contributed by atoms with Crippen LogP contribution in [0.1, 0.15) is 11.6 Å². The van der Waals surface area contributed by atoms with Crippen molar-refractivity contribution in [3.8, 4) is 17.2 Å². The largest absolute Gasteiger partial charge is 0.497 e. The molecule has 0 aliphatic carbocycles. The minimum absolute atomic E-state index is 0.0248. The number of hydrogen-bond donors (Lipinski definition) is 1. The molecule has 0 bridgehead atoms. The van der Waals surface area contributed by atoms with E-state index in [9.17, 15) is 0 Å². The van der Waals surface area contributed by atoms with E-state index in [4.69, 9.17) is 4.74 Å². The zero-order valence-electron chi connectivity index (χ0n) is 14.0. The molecule has 2 aromatic carbocycles. The highest BCUT2D eigenvalue weighted by Gasteiger charge is 2.12. The van der Waals surface area contributed by atoms with Crippen LogP contribution in [-0.2, 0) is 0 Å². The summed E-state index contributed by atoms with van der Waals surface area (Å²) in [5, 5.41) is 3.52. The van der Waals surface area contributed by atoms with Gasteiger partial charge in [-0.2, -0.15) is 0 Å². The van der Waals surface area contributed by atoms with Crippen molar-refractivity contribution in [1.29, 1.82) is 0 Å². The fraction of sp³-hybridized carbons (Fsp3) is 0.263. The topological polar surface area (TPSA) is 21.3 Å². The monoisotopic (exact) mass is 387 g/mol. The summed E-state index contributed by atoms with van der Waals surface area (Å²) in [7, 11) is 0.247. The maximum absolute atomic E-state index is 5.21. The molecule has 2 rings (SSSR count). The molecule has 0 aliphatic heterocycles. The number of anilines is 1. The highest BCUT2D eigenvalue weighted by molar-refractivity contribution is 9.10. The molecule has 0 saturated heterocycles. The molecule has 4 heteroatoms. The Hall–Kier alpha value is -1.70. The minimum atomic E-state index is -1.43. The molecule has 1 unspecified atom stereocenters. The van der Waals surface area contributed by atoms with Gasteiger partial charge in [0.25, 0.3) is 0 Å². The summed E-state index contributed by atoms with van der Waals surface area (Å²) < 4.78 is 6.28. The second-order valence-corrected chi connectivity index (χ2v) is 12.0. The molecule has 0 fully saturated rings. The minimum Gasteiger partial charge on any atom is -0.497 e. The van der Waals surface area contributed by atoms with Crippen molar-refractivity contribution >= 4 is 29.7 Å². The van der Waals surface area contributed by atoms with E-state index in [-0.39, 0.29) is 6.04 Å². The molecule has 2 nitrogen and oxygen atoms in total. The second kappa shape index (κ2) is 7.72. The average molecular weight is 388 g/mol. The summed E-state index contributed by atoms with van der Waals surface area (Å²) in [6.45, 7) is 6.77. The number of nitrogens with one attached hydrogen (secondary N) is 1. The first-order valence-corrected chi connectivity index (χ1v) is 11.9. The van der Waals surface area contributed by atoms with E-state index in [1.807, 2.05) is 36.4 Å². The van der Waals surface area contributed by atoms with E-state index in [0.29, 0.717) is 0 Å². The van der Waals surface area contributed by atoms with Crippen LogP contribution in [-0.4, -0.2) is 15.2 Å². The molecule has 23 heavy (non-hydrogen) atoms. The van der Waals surface area contributed by atoms with Gasteiger partial charge in [-0.15, -0.1) is 5.54 Å². The number of hydrogen-bond acceptors (Lipinski definition) is 2. The summed E-state index contributed by atoms with van der Waals surface area (Å²) in [5.41, 5.74) is 5.66. The van der Waals surface area contributed by atoms with Gasteiger partial charge in [-0.05, 0) is 42.0 Å². The van der Waals surface area contributed by atoms with Crippen LogP contribution in [0, 0.1) is 11.5 Å². The van der Waals surface area contributed by atoms with E-state index in [1.54, 1.807) is 7.11 Å². The lowest BCUT2D eigenvalue weighted by atomic mass is 10.1. The Morgan fingerprint density at radius 1 is 1.00 bits per heavy atom. The van der Waals surface area contributed by atoms with Gasteiger partial charge in [-0.25, -0.2) is 0 Å². The van der Waals surface area contributed by atoms with Crippen molar-refractivity contribution in [3.05, 3.63) is 58.6 Å². The van der Waals surface area contributed by atoms with Crippen LogP contribution < -0.4 is 10.1 Å². The molecule has 0 spiro atoms. The fourth-order valence-electron chi connectivity index (χ4n) is 2.00. The van der Waals surface area contributed by atoms with Gasteiger partial charge in [0.05, 0.1) is 7.11 Å². The third kappa shape index (κ3) is 5.78. The summed E-state index contributed by atoms with van der Waals surface area (Å²) in [6, 6.07) is 16.2. The standard InChI is InChI=1S/C19H22BrNOSi/c1-22-18-11-9-17(10-12-18)21-19(13-14-23(2,3)4)15-5-7-16(20)8-6-15/h5-12,19,21H,1-4H3. The molecule has 0 saturated carbocycles. The highest BCUT2D eigenvalue weighted by atomic mass is 79.9. The van der Waals surface area contributed by atoms with Gasteiger partial charge in [0.1, 0.15) is 19.9 Å². The Labute approximate surface area is 148 Å². The van der Waals surface area contributed by atoms with Gasteiger partial charge in [0.2, 0.25) is 0 Å². The first-order valence-electron chi connectivity index (χ1n) is 7.56. The Kier molecular flexibility index (Phi) is 5.92. The predicted molar refractivity (Wildman–Crippen MR) is 105 cm³/mol. The summed E-state index contributed by atoms with van der Waals surface area (Å²) in [5.74, 6) is 4.28. The smallest absolute Gasteiger partial charge is 0.129 e. The van der Waals surface area contributed by atoms with E-state index in [1.165, 1.54) is 0 Å². The number of halogens is 1. The fourth-order valence-corrected chi connectivity index (χ4v) is 2.84. The van der Waals surface area contributed by atoms with Crippen molar-refractivity contribution in [2.45, 2.75) is 25.7 Å². The zero-order chi connectivity index (χ0) is 16.9. The Bertz CT molecular complexity index is 693. The molecular weight excluding hydrogens is 366 g/mol. The lowest BCUT2D eigenvalue weighted by molar-refractivity contribution is 0.415. The Morgan fingerprint density at radius 3 is 2.13 bits per heavy atom. The number of rotatable bonds is 4. The lowest BCUT2D eigenvalue weighted by Crippen LogP contribution is -2.18. The van der Waals surface area contributed by atoms with Gasteiger partial charge in [0.15, 0.2) is 0 Å².